The van der Waals surface area contributed by atoms with Gasteiger partial charge in [0.15, 0.2) is 5.79 Å². The number of benzene rings is 1. The normalized spacial score (nSPS) is 22.2. The first kappa shape index (κ1) is 13.9. The van der Waals surface area contributed by atoms with Crippen LogP contribution in [0.3, 0.4) is 0 Å². The van der Waals surface area contributed by atoms with Crippen LogP contribution in [0.2, 0.25) is 0 Å². The van der Waals surface area contributed by atoms with Crippen molar-refractivity contribution < 1.29 is 18.9 Å². The Morgan fingerprint density at radius 3 is 2.55 bits per heavy atom. The predicted octanol–water partition coefficient (Wildman–Crippen LogP) is 2.90. The Morgan fingerprint density at radius 1 is 1.15 bits per heavy atom. The Morgan fingerprint density at radius 2 is 1.85 bits per heavy atom. The molecule has 3 rings (SSSR count). The van der Waals surface area contributed by atoms with Gasteiger partial charge >= 0.3 is 0 Å². The Kier molecular flexibility index (Phi) is 4.24. The maximum Gasteiger partial charge on any atom is 0.168 e. The second-order valence-electron chi connectivity index (χ2n) is 5.43. The number of rotatable bonds is 4. The van der Waals surface area contributed by atoms with Gasteiger partial charge in [0.05, 0.1) is 33.0 Å². The Balaban J connectivity index is 1.50. The van der Waals surface area contributed by atoms with Crippen LogP contribution in [0.15, 0.2) is 24.3 Å². The van der Waals surface area contributed by atoms with Crippen LogP contribution >= 0.6 is 0 Å². The van der Waals surface area contributed by atoms with Crippen LogP contribution < -0.4 is 4.74 Å². The van der Waals surface area contributed by atoms with E-state index in [-0.39, 0.29) is 5.79 Å². The maximum absolute atomic E-state index is 6.02. The molecule has 0 atom stereocenters. The van der Waals surface area contributed by atoms with E-state index in [1.165, 1.54) is 0 Å². The largest absolute Gasteiger partial charge is 0.496 e. The van der Waals surface area contributed by atoms with Crippen LogP contribution in [0.25, 0.3) is 0 Å². The molecular weight excluding hydrogens is 256 g/mol. The maximum atomic E-state index is 6.02. The molecule has 1 saturated heterocycles. The molecule has 20 heavy (non-hydrogen) atoms. The molecule has 0 N–H and O–H groups in total. The zero-order valence-electron chi connectivity index (χ0n) is 12.0. The highest BCUT2D eigenvalue weighted by Gasteiger charge is 2.40. The van der Waals surface area contributed by atoms with Gasteiger partial charge in [0.1, 0.15) is 5.75 Å². The van der Waals surface area contributed by atoms with Crippen molar-refractivity contribution in [3.05, 3.63) is 29.8 Å². The van der Waals surface area contributed by atoms with E-state index in [1.54, 1.807) is 7.11 Å². The lowest BCUT2D eigenvalue weighted by Crippen LogP contribution is -2.37. The quantitative estimate of drug-likeness (QED) is 0.848. The van der Waals surface area contributed by atoms with Gasteiger partial charge in [-0.05, 0) is 18.9 Å². The zero-order valence-corrected chi connectivity index (χ0v) is 12.0. The first-order chi connectivity index (χ1) is 9.81. The predicted molar refractivity (Wildman–Crippen MR) is 74.7 cm³/mol. The average molecular weight is 278 g/mol. The molecule has 4 heteroatoms. The fourth-order valence-electron chi connectivity index (χ4n) is 3.01. The van der Waals surface area contributed by atoms with Gasteiger partial charge in [-0.25, -0.2) is 0 Å². The Bertz CT molecular complexity index is 430. The summed E-state index contributed by atoms with van der Waals surface area (Å²) < 4.78 is 22.8. The zero-order chi connectivity index (χ0) is 13.8. The third-order valence-corrected chi connectivity index (χ3v) is 4.18. The van der Waals surface area contributed by atoms with E-state index < -0.39 is 0 Å². The molecule has 0 radical (unpaired) electrons. The van der Waals surface area contributed by atoms with Crippen molar-refractivity contribution >= 4 is 0 Å². The molecular formula is C16H22O4. The van der Waals surface area contributed by atoms with E-state index in [0.29, 0.717) is 12.7 Å². The highest BCUT2D eigenvalue weighted by Crippen LogP contribution is 2.37. The van der Waals surface area contributed by atoms with Gasteiger partial charge in [0.2, 0.25) is 0 Å². The summed E-state index contributed by atoms with van der Waals surface area (Å²) in [5, 5.41) is 0. The molecule has 0 amide bonds. The lowest BCUT2D eigenvalue weighted by molar-refractivity contribution is -0.192. The third-order valence-electron chi connectivity index (χ3n) is 4.18. The van der Waals surface area contributed by atoms with E-state index in [9.17, 15) is 0 Å². The molecule has 1 aliphatic carbocycles. The summed E-state index contributed by atoms with van der Waals surface area (Å²) in [6.07, 6.45) is 4.15. The number of methoxy groups -OCH3 is 1. The van der Waals surface area contributed by atoms with Gasteiger partial charge in [-0.1, -0.05) is 18.2 Å². The fraction of sp³-hybridized carbons (Fsp3) is 0.625. The fourth-order valence-corrected chi connectivity index (χ4v) is 3.01. The standard InChI is InChI=1S/C16H22O4/c1-17-15-5-3-2-4-13(15)12-18-14-6-8-16(9-7-14)19-10-11-20-16/h2-5,14H,6-12H2,1H3. The summed E-state index contributed by atoms with van der Waals surface area (Å²) in [6, 6.07) is 8.00. The summed E-state index contributed by atoms with van der Waals surface area (Å²) in [5.41, 5.74) is 1.10. The molecule has 1 aromatic carbocycles. The minimum atomic E-state index is -0.301. The summed E-state index contributed by atoms with van der Waals surface area (Å²) >= 11 is 0. The first-order valence-electron chi connectivity index (χ1n) is 7.33. The second-order valence-corrected chi connectivity index (χ2v) is 5.43. The van der Waals surface area contributed by atoms with Crippen LogP contribution in [-0.2, 0) is 20.8 Å². The molecule has 2 fully saturated rings. The Labute approximate surface area is 120 Å². The smallest absolute Gasteiger partial charge is 0.168 e. The lowest BCUT2D eigenvalue weighted by atomic mass is 9.92. The van der Waals surface area contributed by atoms with Crippen molar-refractivity contribution in [1.82, 2.24) is 0 Å². The van der Waals surface area contributed by atoms with Crippen LogP contribution in [0.1, 0.15) is 31.2 Å². The summed E-state index contributed by atoms with van der Waals surface area (Å²) in [5.74, 6) is 0.590. The van der Waals surface area contributed by atoms with Crippen molar-refractivity contribution in [3.63, 3.8) is 0 Å². The van der Waals surface area contributed by atoms with Gasteiger partial charge in [0, 0.05) is 18.4 Å². The molecule has 0 bridgehead atoms. The monoisotopic (exact) mass is 278 g/mol. The second kappa shape index (κ2) is 6.12. The highest BCUT2D eigenvalue weighted by molar-refractivity contribution is 5.32. The number of para-hydroxylation sites is 1. The summed E-state index contributed by atoms with van der Waals surface area (Å²) in [7, 11) is 1.69. The summed E-state index contributed by atoms with van der Waals surface area (Å²) in [6.45, 7) is 2.06. The number of hydrogen-bond donors (Lipinski definition) is 0. The van der Waals surface area contributed by atoms with Gasteiger partial charge < -0.3 is 18.9 Å². The van der Waals surface area contributed by atoms with E-state index in [2.05, 4.69) is 0 Å². The van der Waals surface area contributed by atoms with Crippen LogP contribution in [0.4, 0.5) is 0 Å². The summed E-state index contributed by atoms with van der Waals surface area (Å²) in [4.78, 5) is 0. The van der Waals surface area contributed by atoms with Gasteiger partial charge in [-0.15, -0.1) is 0 Å². The van der Waals surface area contributed by atoms with E-state index >= 15 is 0 Å². The molecule has 110 valence electrons. The van der Waals surface area contributed by atoms with Gasteiger partial charge in [0.25, 0.3) is 0 Å². The van der Waals surface area contributed by atoms with Gasteiger partial charge in [-0.2, -0.15) is 0 Å². The van der Waals surface area contributed by atoms with Crippen LogP contribution in [0, 0.1) is 0 Å². The first-order valence-corrected chi connectivity index (χ1v) is 7.33. The highest BCUT2D eigenvalue weighted by atomic mass is 16.7. The van der Waals surface area contributed by atoms with Crippen LogP contribution in [0.5, 0.6) is 5.75 Å². The molecule has 0 aromatic heterocycles. The molecule has 0 unspecified atom stereocenters. The molecule has 1 aromatic rings. The van der Waals surface area contributed by atoms with Crippen molar-refractivity contribution in [2.24, 2.45) is 0 Å². The minimum Gasteiger partial charge on any atom is -0.496 e. The minimum absolute atomic E-state index is 0.290. The van der Waals surface area contributed by atoms with E-state index in [0.717, 1.165) is 50.2 Å². The molecule has 1 spiro atoms. The van der Waals surface area contributed by atoms with Crippen molar-refractivity contribution in [1.29, 1.82) is 0 Å². The molecule has 1 heterocycles. The van der Waals surface area contributed by atoms with Crippen molar-refractivity contribution in [3.8, 4) is 5.75 Å². The number of ether oxygens (including phenoxy) is 4. The van der Waals surface area contributed by atoms with Crippen LogP contribution in [-0.4, -0.2) is 32.2 Å². The van der Waals surface area contributed by atoms with Crippen molar-refractivity contribution in [2.75, 3.05) is 20.3 Å². The van der Waals surface area contributed by atoms with E-state index in [4.69, 9.17) is 18.9 Å². The molecule has 1 saturated carbocycles. The molecule has 2 aliphatic rings. The topological polar surface area (TPSA) is 36.9 Å². The lowest BCUT2D eigenvalue weighted by Gasteiger charge is -2.35. The Hall–Kier alpha value is -1.10. The third kappa shape index (κ3) is 2.97. The SMILES string of the molecule is COc1ccccc1COC1CCC2(CC1)OCCO2. The number of hydrogen-bond acceptors (Lipinski definition) is 4. The average Bonchev–Trinajstić information content (AvgIpc) is 2.95. The van der Waals surface area contributed by atoms with Gasteiger partial charge in [-0.3, -0.25) is 0 Å². The van der Waals surface area contributed by atoms with E-state index in [1.807, 2.05) is 24.3 Å². The van der Waals surface area contributed by atoms with Crippen molar-refractivity contribution in [2.45, 2.75) is 44.2 Å². The molecule has 1 aliphatic heterocycles. The molecule has 4 nitrogen and oxygen atoms in total.